The third-order valence-corrected chi connectivity index (χ3v) is 3.43. The zero-order valence-electron chi connectivity index (χ0n) is 13.3. The second-order valence-corrected chi connectivity index (χ2v) is 5.47. The van der Waals surface area contributed by atoms with Gasteiger partial charge in [0.1, 0.15) is 11.8 Å². The monoisotopic (exact) mass is 360 g/mol. The lowest BCUT2D eigenvalue weighted by atomic mass is 10.1. The van der Waals surface area contributed by atoms with Crippen LogP contribution in [0.15, 0.2) is 48.7 Å². The number of ether oxygens (including phenoxy) is 1. The number of carbonyl (C=O) groups excluding carboxylic acids is 1. The van der Waals surface area contributed by atoms with E-state index in [2.05, 4.69) is 10.3 Å². The fourth-order valence-electron chi connectivity index (χ4n) is 2.00. The van der Waals surface area contributed by atoms with Crippen LogP contribution >= 0.6 is 11.6 Å². The van der Waals surface area contributed by atoms with Crippen molar-refractivity contribution in [3.63, 3.8) is 0 Å². The number of carboxylic acids is 1. The van der Waals surface area contributed by atoms with Gasteiger partial charge in [0.15, 0.2) is 0 Å². The Morgan fingerprint density at radius 3 is 2.76 bits per heavy atom. The predicted octanol–water partition coefficient (Wildman–Crippen LogP) is 3.76. The predicted molar refractivity (Wildman–Crippen MR) is 94.5 cm³/mol. The molecule has 0 unspecified atom stereocenters. The van der Waals surface area contributed by atoms with Crippen LogP contribution in [0.3, 0.4) is 0 Å². The number of carboxylic acid groups (broad SMARTS) is 1. The van der Waals surface area contributed by atoms with E-state index in [1.54, 1.807) is 12.2 Å². The molecule has 2 N–H and O–H groups in total. The average molecular weight is 361 g/mol. The van der Waals surface area contributed by atoms with Crippen molar-refractivity contribution < 1.29 is 19.4 Å². The molecule has 0 saturated carbocycles. The minimum absolute atomic E-state index is 0.0754. The molecule has 0 fully saturated rings. The number of carbonyl (C=O) groups is 2. The highest BCUT2D eigenvalue weighted by Gasteiger charge is 2.09. The maximum Gasteiger partial charge on any atom is 0.407 e. The first-order valence-electron chi connectivity index (χ1n) is 7.56. The van der Waals surface area contributed by atoms with Gasteiger partial charge in [0.2, 0.25) is 0 Å². The van der Waals surface area contributed by atoms with Crippen molar-refractivity contribution in [3.8, 4) is 0 Å². The highest BCUT2D eigenvalue weighted by Crippen LogP contribution is 2.15. The van der Waals surface area contributed by atoms with Gasteiger partial charge in [-0.25, -0.2) is 14.6 Å². The van der Waals surface area contributed by atoms with Crippen LogP contribution in [-0.2, 0) is 11.3 Å². The molecule has 0 saturated heterocycles. The molecule has 1 amide bonds. The molecular formula is C18H17ClN2O4. The second kappa shape index (κ2) is 9.44. The first kappa shape index (κ1) is 18.5. The normalized spacial score (nSPS) is 10.6. The molecule has 2 rings (SSSR count). The molecule has 2 aromatic rings. The molecular weight excluding hydrogens is 344 g/mol. The lowest BCUT2D eigenvalue weighted by Crippen LogP contribution is -2.24. The van der Waals surface area contributed by atoms with Crippen molar-refractivity contribution in [1.29, 1.82) is 0 Å². The standard InChI is InChI=1S/C18H17ClN2O4/c19-16-10-15(17(22)23)14(11-21-16)8-4-5-9-20-18(24)25-12-13-6-2-1-3-7-13/h1-4,6-8,10-11H,5,9,12H2,(H,20,24)(H,22,23). The van der Waals surface area contributed by atoms with Crippen LogP contribution in [-0.4, -0.2) is 28.7 Å². The van der Waals surface area contributed by atoms with E-state index < -0.39 is 12.1 Å². The summed E-state index contributed by atoms with van der Waals surface area (Å²) in [6.45, 7) is 0.578. The first-order chi connectivity index (χ1) is 12.1. The van der Waals surface area contributed by atoms with Crippen molar-refractivity contribution >= 4 is 29.7 Å². The fourth-order valence-corrected chi connectivity index (χ4v) is 2.16. The van der Waals surface area contributed by atoms with E-state index in [0.29, 0.717) is 18.5 Å². The zero-order chi connectivity index (χ0) is 18.1. The van der Waals surface area contributed by atoms with E-state index >= 15 is 0 Å². The molecule has 6 nitrogen and oxygen atoms in total. The molecule has 1 aromatic carbocycles. The van der Waals surface area contributed by atoms with E-state index in [-0.39, 0.29) is 17.3 Å². The lowest BCUT2D eigenvalue weighted by molar-refractivity contribution is 0.0696. The number of nitrogens with zero attached hydrogens (tertiary/aromatic N) is 1. The van der Waals surface area contributed by atoms with Gasteiger partial charge in [0.25, 0.3) is 0 Å². The highest BCUT2D eigenvalue weighted by molar-refractivity contribution is 6.29. The van der Waals surface area contributed by atoms with Gasteiger partial charge in [-0.3, -0.25) is 0 Å². The van der Waals surface area contributed by atoms with Crippen LogP contribution in [0, 0.1) is 0 Å². The summed E-state index contributed by atoms with van der Waals surface area (Å²) in [7, 11) is 0. The lowest BCUT2D eigenvalue weighted by Gasteiger charge is -2.06. The third kappa shape index (κ3) is 6.27. The summed E-state index contributed by atoms with van der Waals surface area (Å²) in [5, 5.41) is 11.9. The Morgan fingerprint density at radius 2 is 2.04 bits per heavy atom. The molecule has 0 radical (unpaired) electrons. The number of rotatable bonds is 7. The van der Waals surface area contributed by atoms with Crippen LogP contribution in [0.25, 0.3) is 6.08 Å². The van der Waals surface area contributed by atoms with E-state index in [1.165, 1.54) is 12.3 Å². The molecule has 25 heavy (non-hydrogen) atoms. The number of benzene rings is 1. The van der Waals surface area contributed by atoms with E-state index in [0.717, 1.165) is 5.56 Å². The maximum atomic E-state index is 11.6. The molecule has 130 valence electrons. The highest BCUT2D eigenvalue weighted by atomic mass is 35.5. The summed E-state index contributed by atoms with van der Waals surface area (Å²) in [5.74, 6) is -1.08. The largest absolute Gasteiger partial charge is 0.478 e. The Labute approximate surface area is 150 Å². The molecule has 1 aromatic heterocycles. The number of nitrogens with one attached hydrogen (secondary N) is 1. The Balaban J connectivity index is 1.74. The SMILES string of the molecule is O=C(NCCC=Cc1cnc(Cl)cc1C(=O)O)OCc1ccccc1. The zero-order valence-corrected chi connectivity index (χ0v) is 14.1. The topological polar surface area (TPSA) is 88.5 Å². The Morgan fingerprint density at radius 1 is 1.28 bits per heavy atom. The minimum atomic E-state index is -1.08. The third-order valence-electron chi connectivity index (χ3n) is 3.22. The van der Waals surface area contributed by atoms with Gasteiger partial charge in [-0.1, -0.05) is 54.1 Å². The Kier molecular flexibility index (Phi) is 6.98. The molecule has 0 aliphatic carbocycles. The van der Waals surface area contributed by atoms with Gasteiger partial charge in [-0.15, -0.1) is 0 Å². The van der Waals surface area contributed by atoms with Crippen molar-refractivity contribution in [2.75, 3.05) is 6.54 Å². The van der Waals surface area contributed by atoms with Crippen LogP contribution in [0.5, 0.6) is 0 Å². The number of hydrogen-bond acceptors (Lipinski definition) is 4. The molecule has 0 spiro atoms. The van der Waals surface area contributed by atoms with Crippen LogP contribution in [0.1, 0.15) is 27.9 Å². The quantitative estimate of drug-likeness (QED) is 0.579. The summed E-state index contributed by atoms with van der Waals surface area (Å²) in [5.41, 5.74) is 1.43. The summed E-state index contributed by atoms with van der Waals surface area (Å²) >= 11 is 5.69. The molecule has 7 heteroatoms. The fraction of sp³-hybridized carbons (Fsp3) is 0.167. The number of aromatic carboxylic acids is 1. The Bertz CT molecular complexity index is 763. The smallest absolute Gasteiger partial charge is 0.407 e. The van der Waals surface area contributed by atoms with Gasteiger partial charge in [-0.05, 0) is 18.1 Å². The molecule has 0 bridgehead atoms. The van der Waals surface area contributed by atoms with E-state index in [4.69, 9.17) is 21.4 Å². The number of hydrogen-bond donors (Lipinski definition) is 2. The Hall–Kier alpha value is -2.86. The molecule has 0 aliphatic heterocycles. The number of aromatic nitrogens is 1. The van der Waals surface area contributed by atoms with Gasteiger partial charge in [0.05, 0.1) is 5.56 Å². The summed E-state index contributed by atoms with van der Waals surface area (Å²) in [4.78, 5) is 26.6. The number of amides is 1. The van der Waals surface area contributed by atoms with Gasteiger partial charge < -0.3 is 15.2 Å². The average Bonchev–Trinajstić information content (AvgIpc) is 2.61. The minimum Gasteiger partial charge on any atom is -0.478 e. The second-order valence-electron chi connectivity index (χ2n) is 5.08. The van der Waals surface area contributed by atoms with E-state index in [1.807, 2.05) is 30.3 Å². The van der Waals surface area contributed by atoms with Crippen LogP contribution < -0.4 is 5.32 Å². The number of pyridine rings is 1. The molecule has 0 atom stereocenters. The molecule has 1 heterocycles. The molecule has 0 aliphatic rings. The van der Waals surface area contributed by atoms with Crippen molar-refractivity contribution in [1.82, 2.24) is 10.3 Å². The first-order valence-corrected chi connectivity index (χ1v) is 7.94. The van der Waals surface area contributed by atoms with Crippen molar-refractivity contribution in [2.24, 2.45) is 0 Å². The van der Waals surface area contributed by atoms with Crippen LogP contribution in [0.4, 0.5) is 4.79 Å². The van der Waals surface area contributed by atoms with Gasteiger partial charge in [-0.2, -0.15) is 0 Å². The maximum absolute atomic E-state index is 11.6. The summed E-state index contributed by atoms with van der Waals surface area (Å²) < 4.78 is 5.08. The van der Waals surface area contributed by atoms with Gasteiger partial charge in [0, 0.05) is 18.3 Å². The van der Waals surface area contributed by atoms with E-state index in [9.17, 15) is 9.59 Å². The van der Waals surface area contributed by atoms with Crippen molar-refractivity contribution in [2.45, 2.75) is 13.0 Å². The summed E-state index contributed by atoms with van der Waals surface area (Å²) in [6, 6.07) is 10.7. The van der Waals surface area contributed by atoms with Crippen molar-refractivity contribution in [3.05, 3.63) is 70.5 Å². The number of halogens is 1. The van der Waals surface area contributed by atoms with Gasteiger partial charge >= 0.3 is 12.1 Å². The number of alkyl carbamates (subject to hydrolysis) is 1. The van der Waals surface area contributed by atoms with Crippen LogP contribution in [0.2, 0.25) is 5.15 Å². The summed E-state index contributed by atoms with van der Waals surface area (Å²) in [6.07, 6.45) is 4.78.